The van der Waals surface area contributed by atoms with Crippen LogP contribution in [0, 0.1) is 27.2 Å². The molecule has 10 heteroatoms. The molecule has 0 radical (unpaired) electrons. The number of aromatic nitrogens is 1. The number of aryl methyl sites for hydroxylation is 1. The topological polar surface area (TPSA) is 138 Å². The summed E-state index contributed by atoms with van der Waals surface area (Å²) >= 11 is 0. The molecule has 1 N–H and O–H groups in total. The smallest absolute Gasteiger partial charge is 0.311 e. The van der Waals surface area contributed by atoms with E-state index >= 15 is 0 Å². The molecule has 10 nitrogen and oxygen atoms in total. The number of ether oxygens (including phenoxy) is 1. The third-order valence-electron chi connectivity index (χ3n) is 3.22. The minimum absolute atomic E-state index is 0.0368. The van der Waals surface area contributed by atoms with Gasteiger partial charge in [-0.05, 0) is 31.5 Å². The van der Waals surface area contributed by atoms with Crippen LogP contribution in [-0.2, 0) is 0 Å². The number of hydrogen-bond acceptors (Lipinski definition) is 7. The lowest BCUT2D eigenvalue weighted by Gasteiger charge is -2.08. The van der Waals surface area contributed by atoms with Gasteiger partial charge in [0.05, 0.1) is 16.5 Å². The van der Waals surface area contributed by atoms with Crippen molar-refractivity contribution in [1.82, 2.24) is 4.98 Å². The first-order valence-corrected chi connectivity index (χ1v) is 7.17. The second-order valence-electron chi connectivity index (χ2n) is 4.94. The van der Waals surface area contributed by atoms with Crippen LogP contribution in [-0.4, -0.2) is 27.3 Å². The standard InChI is InChI=1S/C15H14N4O6/c1-3-25-13-5-4-10(7-12(13)19(23)24)15(20)17-14-9(2)6-11(8-16-14)18(21)22/h4-8H,3H2,1-2H3,(H,16,17,20). The Morgan fingerprint density at radius 3 is 2.52 bits per heavy atom. The third-order valence-corrected chi connectivity index (χ3v) is 3.22. The van der Waals surface area contributed by atoms with E-state index in [4.69, 9.17) is 4.74 Å². The van der Waals surface area contributed by atoms with Gasteiger partial charge >= 0.3 is 5.69 Å². The van der Waals surface area contributed by atoms with E-state index in [1.165, 1.54) is 18.2 Å². The first-order valence-electron chi connectivity index (χ1n) is 7.17. The lowest BCUT2D eigenvalue weighted by Crippen LogP contribution is -2.14. The largest absolute Gasteiger partial charge is 0.487 e. The molecule has 0 bridgehead atoms. The molecule has 130 valence electrons. The van der Waals surface area contributed by atoms with E-state index in [1.807, 2.05) is 0 Å². The van der Waals surface area contributed by atoms with Crippen molar-refractivity contribution in [2.45, 2.75) is 13.8 Å². The zero-order valence-electron chi connectivity index (χ0n) is 13.4. The van der Waals surface area contributed by atoms with Crippen LogP contribution in [0.15, 0.2) is 30.5 Å². The number of carbonyl (C=O) groups excluding carboxylic acids is 1. The van der Waals surface area contributed by atoms with Crippen molar-refractivity contribution < 1.29 is 19.4 Å². The Bertz CT molecular complexity index is 852. The van der Waals surface area contributed by atoms with Gasteiger partial charge in [0.25, 0.3) is 11.6 Å². The van der Waals surface area contributed by atoms with Crippen molar-refractivity contribution in [3.8, 4) is 5.75 Å². The Balaban J connectivity index is 2.28. The van der Waals surface area contributed by atoms with Gasteiger partial charge in [0.1, 0.15) is 12.0 Å². The summed E-state index contributed by atoms with van der Waals surface area (Å²) in [6.07, 6.45) is 1.02. The maximum Gasteiger partial charge on any atom is 0.311 e. The minimum Gasteiger partial charge on any atom is -0.487 e. The monoisotopic (exact) mass is 346 g/mol. The summed E-state index contributed by atoms with van der Waals surface area (Å²) in [4.78, 5) is 36.7. The predicted molar refractivity (Wildman–Crippen MR) is 87.8 cm³/mol. The molecule has 2 rings (SSSR count). The third kappa shape index (κ3) is 4.05. The normalized spacial score (nSPS) is 10.2. The number of rotatable bonds is 6. The SMILES string of the molecule is CCOc1ccc(C(=O)Nc2ncc([N+](=O)[O-])cc2C)cc1[N+](=O)[O-]. The van der Waals surface area contributed by atoms with Crippen molar-refractivity contribution >= 4 is 23.1 Å². The van der Waals surface area contributed by atoms with Crippen LogP contribution in [0.1, 0.15) is 22.8 Å². The van der Waals surface area contributed by atoms with E-state index in [9.17, 15) is 25.0 Å². The number of anilines is 1. The summed E-state index contributed by atoms with van der Waals surface area (Å²) in [5, 5.41) is 24.3. The van der Waals surface area contributed by atoms with Crippen molar-refractivity contribution in [3.05, 3.63) is 61.8 Å². The predicted octanol–water partition coefficient (Wildman–Crippen LogP) is 2.86. The summed E-state index contributed by atoms with van der Waals surface area (Å²) in [6.45, 7) is 3.49. The number of pyridine rings is 1. The Morgan fingerprint density at radius 2 is 1.96 bits per heavy atom. The summed E-state index contributed by atoms with van der Waals surface area (Å²) in [6, 6.07) is 5.09. The molecule has 0 saturated carbocycles. The maximum atomic E-state index is 12.3. The fourth-order valence-corrected chi connectivity index (χ4v) is 2.05. The molecule has 0 fully saturated rings. The van der Waals surface area contributed by atoms with Crippen LogP contribution in [0.5, 0.6) is 5.75 Å². The van der Waals surface area contributed by atoms with Crippen molar-refractivity contribution in [3.63, 3.8) is 0 Å². The molecular weight excluding hydrogens is 332 g/mol. The van der Waals surface area contributed by atoms with E-state index in [0.717, 1.165) is 12.3 Å². The molecular formula is C15H14N4O6. The number of hydrogen-bond donors (Lipinski definition) is 1. The number of nitrogens with one attached hydrogen (secondary N) is 1. The Hall–Kier alpha value is -3.56. The number of nitro benzene ring substituents is 1. The number of amides is 1. The van der Waals surface area contributed by atoms with Crippen LogP contribution in [0.2, 0.25) is 0 Å². The first-order chi connectivity index (χ1) is 11.8. The molecule has 0 aliphatic carbocycles. The van der Waals surface area contributed by atoms with Crippen LogP contribution >= 0.6 is 0 Å². The summed E-state index contributed by atoms with van der Waals surface area (Å²) in [5.41, 5.74) is -0.104. The van der Waals surface area contributed by atoms with Gasteiger partial charge in [-0.15, -0.1) is 0 Å². The van der Waals surface area contributed by atoms with Crippen LogP contribution < -0.4 is 10.1 Å². The molecule has 0 saturated heterocycles. The van der Waals surface area contributed by atoms with Gasteiger partial charge in [0, 0.05) is 17.7 Å². The van der Waals surface area contributed by atoms with Gasteiger partial charge in [-0.1, -0.05) is 0 Å². The molecule has 1 heterocycles. The van der Waals surface area contributed by atoms with Gasteiger partial charge in [0.15, 0.2) is 5.75 Å². The van der Waals surface area contributed by atoms with E-state index in [1.54, 1.807) is 13.8 Å². The molecule has 0 spiro atoms. The van der Waals surface area contributed by atoms with Gasteiger partial charge in [-0.3, -0.25) is 25.0 Å². The molecule has 1 aromatic heterocycles. The van der Waals surface area contributed by atoms with E-state index in [0.29, 0.717) is 5.56 Å². The lowest BCUT2D eigenvalue weighted by molar-refractivity contribution is -0.385. The highest BCUT2D eigenvalue weighted by atomic mass is 16.6. The molecule has 0 unspecified atom stereocenters. The van der Waals surface area contributed by atoms with E-state index < -0.39 is 15.8 Å². The summed E-state index contributed by atoms with van der Waals surface area (Å²) in [5.74, 6) is -0.434. The molecule has 1 amide bonds. The summed E-state index contributed by atoms with van der Waals surface area (Å²) in [7, 11) is 0. The van der Waals surface area contributed by atoms with Crippen LogP contribution in [0.25, 0.3) is 0 Å². The number of nitro groups is 2. The van der Waals surface area contributed by atoms with E-state index in [-0.39, 0.29) is 35.1 Å². The molecule has 2 aromatic rings. The van der Waals surface area contributed by atoms with Gasteiger partial charge in [0.2, 0.25) is 0 Å². The van der Waals surface area contributed by atoms with Crippen LogP contribution in [0.3, 0.4) is 0 Å². The zero-order chi connectivity index (χ0) is 18.6. The van der Waals surface area contributed by atoms with Gasteiger partial charge in [-0.25, -0.2) is 4.98 Å². The van der Waals surface area contributed by atoms with E-state index in [2.05, 4.69) is 10.3 Å². The highest BCUT2D eigenvalue weighted by Crippen LogP contribution is 2.28. The Morgan fingerprint density at radius 1 is 1.24 bits per heavy atom. The van der Waals surface area contributed by atoms with Gasteiger partial charge < -0.3 is 10.1 Å². The maximum absolute atomic E-state index is 12.3. The van der Waals surface area contributed by atoms with Crippen LogP contribution in [0.4, 0.5) is 17.2 Å². The average Bonchev–Trinajstić information content (AvgIpc) is 2.56. The van der Waals surface area contributed by atoms with Crippen molar-refractivity contribution in [1.29, 1.82) is 0 Å². The highest BCUT2D eigenvalue weighted by Gasteiger charge is 2.19. The van der Waals surface area contributed by atoms with Crippen molar-refractivity contribution in [2.24, 2.45) is 0 Å². The average molecular weight is 346 g/mol. The Kier molecular flexibility index (Phi) is 5.22. The molecule has 25 heavy (non-hydrogen) atoms. The quantitative estimate of drug-likeness (QED) is 0.627. The molecule has 1 aromatic carbocycles. The fourth-order valence-electron chi connectivity index (χ4n) is 2.05. The molecule has 0 aliphatic heterocycles. The summed E-state index contributed by atoms with van der Waals surface area (Å²) < 4.78 is 5.16. The number of carbonyl (C=O) groups is 1. The zero-order valence-corrected chi connectivity index (χ0v) is 13.4. The highest BCUT2D eigenvalue weighted by molar-refractivity contribution is 6.04. The fraction of sp³-hybridized carbons (Fsp3) is 0.200. The second-order valence-corrected chi connectivity index (χ2v) is 4.94. The molecule has 0 atom stereocenters. The number of nitrogens with zero attached hydrogens (tertiary/aromatic N) is 3. The minimum atomic E-state index is -0.642. The lowest BCUT2D eigenvalue weighted by atomic mass is 10.1. The van der Waals surface area contributed by atoms with Gasteiger partial charge in [-0.2, -0.15) is 0 Å². The number of benzene rings is 1. The molecule has 0 aliphatic rings. The first kappa shape index (κ1) is 17.8. The van der Waals surface area contributed by atoms with Crippen molar-refractivity contribution in [2.75, 3.05) is 11.9 Å². The second kappa shape index (κ2) is 7.34. The Labute approximate surface area is 141 Å².